The largest absolute Gasteiger partial charge is 0.481 e. The fraction of sp³-hybridized carbons (Fsp3) is 0.667. The molecule has 0 aromatic heterocycles. The van der Waals surface area contributed by atoms with Crippen molar-refractivity contribution < 1.29 is 24.3 Å². The van der Waals surface area contributed by atoms with E-state index in [2.05, 4.69) is 4.84 Å². The van der Waals surface area contributed by atoms with Crippen molar-refractivity contribution >= 4 is 18.3 Å². The van der Waals surface area contributed by atoms with Crippen LogP contribution in [0, 0.1) is 0 Å². The van der Waals surface area contributed by atoms with Crippen molar-refractivity contribution in [3.63, 3.8) is 0 Å². The molecule has 0 aliphatic rings. The maximum Gasteiger partial charge on any atom is 0.332 e. The summed E-state index contributed by atoms with van der Waals surface area (Å²) in [5, 5.41) is 8.34. The molecule has 0 atom stereocenters. The van der Waals surface area contributed by atoms with E-state index in [0.29, 0.717) is 12.8 Å². The molecule has 2 N–H and O–H groups in total. The summed E-state index contributed by atoms with van der Waals surface area (Å²) >= 11 is 0. The van der Waals surface area contributed by atoms with Crippen molar-refractivity contribution in [2.24, 2.45) is 0 Å². The number of carbonyl (C=O) groups is 3. The number of carboxylic acid groups (broad SMARTS) is 1. The molecule has 0 saturated carbocycles. The first-order valence-corrected chi connectivity index (χ1v) is 4.77. The molecule has 0 aliphatic heterocycles. The Balaban J connectivity index is 3.19. The summed E-state index contributed by atoms with van der Waals surface area (Å²) in [6.45, 7) is 0. The summed E-state index contributed by atoms with van der Waals surface area (Å²) in [5.74, 6) is -1.29. The number of carboxylic acids is 1. The predicted octanol–water partition coefficient (Wildman–Crippen LogP) is 0.616. The number of aliphatic carboxylic acids is 1. The first-order chi connectivity index (χ1) is 7.16. The average Bonchev–Trinajstić information content (AvgIpc) is 2.19. The molecule has 0 unspecified atom stereocenters. The molecule has 0 saturated heterocycles. The van der Waals surface area contributed by atoms with E-state index in [0.717, 1.165) is 12.8 Å². The number of rotatable bonds is 9. The summed E-state index contributed by atoms with van der Waals surface area (Å²) in [6, 6.07) is 0. The molecule has 0 aromatic carbocycles. The van der Waals surface area contributed by atoms with Gasteiger partial charge in [0.15, 0.2) is 0 Å². The summed E-state index contributed by atoms with van der Waals surface area (Å²) in [5.41, 5.74) is 1.81. The topological polar surface area (TPSA) is 92.7 Å². The maximum atomic E-state index is 10.8. The molecule has 0 bridgehead atoms. The Morgan fingerprint density at radius 1 is 1.13 bits per heavy atom. The van der Waals surface area contributed by atoms with Crippen molar-refractivity contribution in [1.82, 2.24) is 5.48 Å². The number of hydrogen-bond donors (Lipinski definition) is 2. The normalized spacial score (nSPS) is 9.33. The van der Waals surface area contributed by atoms with Crippen LogP contribution in [0.25, 0.3) is 0 Å². The molecule has 15 heavy (non-hydrogen) atoms. The highest BCUT2D eigenvalue weighted by Gasteiger charge is 2.02. The Morgan fingerprint density at radius 2 is 1.73 bits per heavy atom. The molecule has 0 fully saturated rings. The van der Waals surface area contributed by atoms with Gasteiger partial charge in [0.25, 0.3) is 0 Å². The maximum absolute atomic E-state index is 10.8. The van der Waals surface area contributed by atoms with Gasteiger partial charge in [-0.2, -0.15) is 5.48 Å². The molecule has 0 rings (SSSR count). The molecule has 0 heterocycles. The van der Waals surface area contributed by atoms with Crippen LogP contribution < -0.4 is 5.48 Å². The van der Waals surface area contributed by atoms with E-state index in [1.165, 1.54) is 0 Å². The summed E-state index contributed by atoms with van der Waals surface area (Å²) in [6.07, 6.45) is 3.50. The minimum Gasteiger partial charge on any atom is -0.481 e. The van der Waals surface area contributed by atoms with Gasteiger partial charge in [0.05, 0.1) is 0 Å². The summed E-state index contributed by atoms with van der Waals surface area (Å²) < 4.78 is 0. The lowest BCUT2D eigenvalue weighted by Gasteiger charge is -2.00. The minimum atomic E-state index is -0.801. The van der Waals surface area contributed by atoms with Crippen LogP contribution in [0.5, 0.6) is 0 Å². The van der Waals surface area contributed by atoms with Gasteiger partial charge < -0.3 is 9.94 Å². The second-order valence-electron chi connectivity index (χ2n) is 3.02. The zero-order chi connectivity index (χ0) is 11.5. The molecular formula is C9H15NO5. The van der Waals surface area contributed by atoms with E-state index in [9.17, 15) is 14.4 Å². The first-order valence-electron chi connectivity index (χ1n) is 4.77. The minimum absolute atomic E-state index is 0.164. The van der Waals surface area contributed by atoms with Crippen LogP contribution in [0.3, 0.4) is 0 Å². The van der Waals surface area contributed by atoms with Gasteiger partial charge in [0.2, 0.25) is 6.41 Å². The predicted molar refractivity (Wildman–Crippen MR) is 50.6 cm³/mol. The smallest absolute Gasteiger partial charge is 0.332 e. The third-order valence-electron chi connectivity index (χ3n) is 1.74. The summed E-state index contributed by atoms with van der Waals surface area (Å²) in [7, 11) is 0. The third-order valence-corrected chi connectivity index (χ3v) is 1.74. The lowest BCUT2D eigenvalue weighted by atomic mass is 10.1. The number of hydroxylamine groups is 1. The molecule has 6 heteroatoms. The summed E-state index contributed by atoms with van der Waals surface area (Å²) in [4.78, 5) is 35.0. The highest BCUT2D eigenvalue weighted by atomic mass is 16.7. The van der Waals surface area contributed by atoms with E-state index in [1.807, 2.05) is 5.48 Å². The van der Waals surface area contributed by atoms with Crippen LogP contribution in [-0.2, 0) is 19.2 Å². The van der Waals surface area contributed by atoms with Crippen LogP contribution in [0.15, 0.2) is 0 Å². The van der Waals surface area contributed by atoms with Crippen molar-refractivity contribution in [1.29, 1.82) is 0 Å². The van der Waals surface area contributed by atoms with Gasteiger partial charge in [-0.3, -0.25) is 9.59 Å². The van der Waals surface area contributed by atoms with Gasteiger partial charge >= 0.3 is 11.9 Å². The van der Waals surface area contributed by atoms with Crippen molar-refractivity contribution in [2.45, 2.75) is 38.5 Å². The Bertz CT molecular complexity index is 217. The van der Waals surface area contributed by atoms with E-state index in [-0.39, 0.29) is 19.3 Å². The fourth-order valence-corrected chi connectivity index (χ4v) is 1.04. The second kappa shape index (κ2) is 8.98. The average molecular weight is 217 g/mol. The van der Waals surface area contributed by atoms with E-state index >= 15 is 0 Å². The van der Waals surface area contributed by atoms with Gasteiger partial charge in [-0.1, -0.05) is 12.8 Å². The standard InChI is InChI=1S/C9H15NO5/c11-7-10-15-9(14)6-4-2-1-3-5-8(12)13/h7H,1-6H2,(H,10,11)(H,12,13). The van der Waals surface area contributed by atoms with Crippen molar-refractivity contribution in [3.8, 4) is 0 Å². The molecule has 6 nitrogen and oxygen atoms in total. The van der Waals surface area contributed by atoms with Gasteiger partial charge in [-0.05, 0) is 12.8 Å². The number of nitrogens with one attached hydrogen (secondary N) is 1. The SMILES string of the molecule is O=CNOC(=O)CCCCCCC(=O)O. The van der Waals surface area contributed by atoms with E-state index < -0.39 is 11.9 Å². The third kappa shape index (κ3) is 10.3. The Morgan fingerprint density at radius 3 is 2.27 bits per heavy atom. The molecule has 1 amide bonds. The van der Waals surface area contributed by atoms with Crippen LogP contribution in [0.4, 0.5) is 0 Å². The van der Waals surface area contributed by atoms with Crippen LogP contribution in [0.2, 0.25) is 0 Å². The van der Waals surface area contributed by atoms with Gasteiger partial charge in [0, 0.05) is 12.8 Å². The number of hydrogen-bond acceptors (Lipinski definition) is 4. The first kappa shape index (κ1) is 13.4. The number of amides is 1. The highest BCUT2D eigenvalue weighted by molar-refractivity contribution is 5.70. The quantitative estimate of drug-likeness (QED) is 0.335. The Hall–Kier alpha value is -1.59. The number of unbranched alkanes of at least 4 members (excludes halogenated alkanes) is 3. The Kier molecular flexibility index (Phi) is 8.03. The van der Waals surface area contributed by atoms with Crippen LogP contribution in [-0.4, -0.2) is 23.5 Å². The van der Waals surface area contributed by atoms with E-state index in [1.54, 1.807) is 0 Å². The molecule has 0 spiro atoms. The van der Waals surface area contributed by atoms with Gasteiger partial charge in [-0.25, -0.2) is 4.79 Å². The van der Waals surface area contributed by atoms with Crippen molar-refractivity contribution in [2.75, 3.05) is 0 Å². The second-order valence-corrected chi connectivity index (χ2v) is 3.02. The monoisotopic (exact) mass is 217 g/mol. The number of carbonyl (C=O) groups excluding carboxylic acids is 2. The van der Waals surface area contributed by atoms with Gasteiger partial charge in [0.1, 0.15) is 0 Å². The molecule has 86 valence electrons. The molecule has 0 aliphatic carbocycles. The zero-order valence-corrected chi connectivity index (χ0v) is 8.40. The molecule has 0 radical (unpaired) electrons. The lowest BCUT2D eigenvalue weighted by Crippen LogP contribution is -2.17. The van der Waals surface area contributed by atoms with Crippen LogP contribution in [0.1, 0.15) is 38.5 Å². The lowest BCUT2D eigenvalue weighted by molar-refractivity contribution is -0.154. The van der Waals surface area contributed by atoms with Gasteiger partial charge in [-0.15, -0.1) is 0 Å². The highest BCUT2D eigenvalue weighted by Crippen LogP contribution is 2.05. The van der Waals surface area contributed by atoms with Crippen molar-refractivity contribution in [3.05, 3.63) is 0 Å². The molecular weight excluding hydrogens is 202 g/mol. The Labute approximate surface area is 87.6 Å². The van der Waals surface area contributed by atoms with Crippen LogP contribution >= 0.6 is 0 Å². The molecule has 0 aromatic rings. The zero-order valence-electron chi connectivity index (χ0n) is 8.40. The fourth-order valence-electron chi connectivity index (χ4n) is 1.04. The van der Waals surface area contributed by atoms with E-state index in [4.69, 9.17) is 5.11 Å².